The van der Waals surface area contributed by atoms with Crippen molar-refractivity contribution >= 4 is 40.0 Å². The smallest absolute Gasteiger partial charge is 0.123 e. The Morgan fingerprint density at radius 1 is 1.18 bits per heavy atom. The molecule has 0 amide bonds. The summed E-state index contributed by atoms with van der Waals surface area (Å²) in [5.41, 5.74) is 11.0. The van der Waals surface area contributed by atoms with Crippen molar-refractivity contribution in [3.8, 4) is 0 Å². The molecule has 28 heavy (non-hydrogen) atoms. The summed E-state index contributed by atoms with van der Waals surface area (Å²) in [4.78, 5) is 8.60. The summed E-state index contributed by atoms with van der Waals surface area (Å²) in [6.45, 7) is 4.19. The first-order valence-electron chi connectivity index (χ1n) is 8.83. The number of nitrogens with zero attached hydrogens (tertiary/aromatic N) is 4. The molecule has 0 saturated heterocycles. The molecule has 0 atom stereocenters. The summed E-state index contributed by atoms with van der Waals surface area (Å²) in [5.74, 6) is 0.466. The minimum absolute atomic E-state index is 0.466. The van der Waals surface area contributed by atoms with Gasteiger partial charge in [-0.05, 0) is 42.0 Å². The Bertz CT molecular complexity index is 1190. The van der Waals surface area contributed by atoms with Crippen molar-refractivity contribution in [2.45, 2.75) is 0 Å². The molecule has 6 nitrogen and oxygen atoms in total. The van der Waals surface area contributed by atoms with E-state index in [0.717, 1.165) is 39.1 Å². The van der Waals surface area contributed by atoms with E-state index in [1.54, 1.807) is 23.2 Å². The van der Waals surface area contributed by atoms with Crippen molar-refractivity contribution in [1.29, 1.82) is 0 Å². The zero-order chi connectivity index (χ0) is 19.5. The molecule has 0 fully saturated rings. The number of aryl methyl sites for hydroxylation is 1. The van der Waals surface area contributed by atoms with Crippen molar-refractivity contribution < 1.29 is 0 Å². The molecular weight excluding hydrogens is 348 g/mol. The van der Waals surface area contributed by atoms with E-state index in [2.05, 4.69) is 27.0 Å². The van der Waals surface area contributed by atoms with Crippen LogP contribution < -0.4 is 11.1 Å². The Hall–Kier alpha value is -3.93. The van der Waals surface area contributed by atoms with E-state index in [4.69, 9.17) is 5.73 Å². The highest BCUT2D eigenvalue weighted by atomic mass is 15.2. The largest absolute Gasteiger partial charge is 0.384 e. The van der Waals surface area contributed by atoms with Gasteiger partial charge in [0.2, 0.25) is 0 Å². The highest BCUT2D eigenvalue weighted by Gasteiger charge is 2.07. The molecule has 2 aromatic heterocycles. The van der Waals surface area contributed by atoms with Crippen LogP contribution in [-0.4, -0.2) is 21.0 Å². The van der Waals surface area contributed by atoms with Crippen molar-refractivity contribution in [1.82, 2.24) is 14.8 Å². The number of para-hydroxylation sites is 1. The molecule has 2 heterocycles. The van der Waals surface area contributed by atoms with Gasteiger partial charge in [0.15, 0.2) is 0 Å². The highest BCUT2D eigenvalue weighted by molar-refractivity contribution is 5.89. The molecule has 6 heteroatoms. The minimum atomic E-state index is 0.466. The van der Waals surface area contributed by atoms with Crippen LogP contribution >= 0.6 is 0 Å². The minimum Gasteiger partial charge on any atom is -0.384 e. The van der Waals surface area contributed by atoms with Crippen molar-refractivity contribution in [3.63, 3.8) is 0 Å². The van der Waals surface area contributed by atoms with E-state index in [9.17, 15) is 0 Å². The maximum atomic E-state index is 5.73. The number of hydrogen-bond acceptors (Lipinski definition) is 5. The van der Waals surface area contributed by atoms with E-state index in [1.165, 1.54) is 0 Å². The van der Waals surface area contributed by atoms with Crippen molar-refractivity contribution in [3.05, 3.63) is 84.7 Å². The molecule has 3 N–H and O–H groups in total. The molecule has 4 rings (SSSR count). The Labute approximate surface area is 163 Å². The Kier molecular flexibility index (Phi) is 4.60. The monoisotopic (exact) mass is 368 g/mol. The van der Waals surface area contributed by atoms with Gasteiger partial charge in [-0.1, -0.05) is 24.8 Å². The van der Waals surface area contributed by atoms with Gasteiger partial charge in [0, 0.05) is 48.0 Å². The number of nitrogens with two attached hydrogens (primary N) is 1. The molecule has 0 saturated carbocycles. The number of fused-ring (bicyclic) bond motifs is 1. The van der Waals surface area contributed by atoms with Gasteiger partial charge in [-0.15, -0.1) is 0 Å². The predicted octanol–water partition coefficient (Wildman–Crippen LogP) is 4.38. The first-order chi connectivity index (χ1) is 13.6. The number of nitrogen functional groups attached to an aromatic ring is 1. The number of rotatable bonds is 5. The van der Waals surface area contributed by atoms with Crippen molar-refractivity contribution in [2.75, 3.05) is 11.1 Å². The topological polar surface area (TPSA) is 81.1 Å². The normalized spacial score (nSPS) is 11.2. The van der Waals surface area contributed by atoms with E-state index in [0.29, 0.717) is 5.82 Å². The van der Waals surface area contributed by atoms with Crippen LogP contribution in [0.1, 0.15) is 11.1 Å². The molecule has 0 aliphatic heterocycles. The van der Waals surface area contributed by atoms with Crippen molar-refractivity contribution in [2.24, 2.45) is 12.0 Å². The van der Waals surface area contributed by atoms with E-state index < -0.39 is 0 Å². The van der Waals surface area contributed by atoms with Gasteiger partial charge in [0.25, 0.3) is 0 Å². The standard InChI is InChI=1S/C22H20N6/c1-15(26-18-8-7-17-14-28(2)27-21(17)12-18)19-5-3-4-6-20(19)25-13-16-9-10-24-22(23)11-16/h3-14,26H,1H2,2H3,(H2,23,24). The fourth-order valence-electron chi connectivity index (χ4n) is 2.99. The molecule has 0 aliphatic carbocycles. The summed E-state index contributed by atoms with van der Waals surface area (Å²) in [7, 11) is 1.91. The van der Waals surface area contributed by atoms with E-state index >= 15 is 0 Å². The second kappa shape index (κ2) is 7.36. The Balaban J connectivity index is 1.58. The summed E-state index contributed by atoms with van der Waals surface area (Å²) in [5, 5.41) is 8.91. The van der Waals surface area contributed by atoms with Gasteiger partial charge < -0.3 is 11.1 Å². The number of aliphatic imine (C=N–C) groups is 1. The number of hydrogen-bond donors (Lipinski definition) is 2. The maximum absolute atomic E-state index is 5.73. The molecule has 0 bridgehead atoms. The lowest BCUT2D eigenvalue weighted by molar-refractivity contribution is 0.780. The predicted molar refractivity (Wildman–Crippen MR) is 116 cm³/mol. The molecule has 4 aromatic rings. The third-order valence-corrected chi connectivity index (χ3v) is 4.30. The van der Waals surface area contributed by atoms with E-state index in [-0.39, 0.29) is 0 Å². The fourth-order valence-corrected chi connectivity index (χ4v) is 2.99. The molecule has 0 aliphatic rings. The molecule has 0 radical (unpaired) electrons. The SMILES string of the molecule is C=C(Nc1ccc2cn(C)nc2c1)c1ccccc1N=Cc1ccnc(N)c1. The number of aromatic nitrogens is 3. The van der Waals surface area contributed by atoms with Gasteiger partial charge in [-0.25, -0.2) is 4.98 Å². The first kappa shape index (κ1) is 17.5. The van der Waals surface area contributed by atoms with Gasteiger partial charge in [-0.2, -0.15) is 5.10 Å². The number of benzene rings is 2. The average Bonchev–Trinajstić information content (AvgIpc) is 3.06. The van der Waals surface area contributed by atoms with Crippen LogP contribution in [0.2, 0.25) is 0 Å². The van der Waals surface area contributed by atoms with Crippen LogP contribution in [0.5, 0.6) is 0 Å². The van der Waals surface area contributed by atoms with Gasteiger partial charge in [0.05, 0.1) is 11.2 Å². The second-order valence-electron chi connectivity index (χ2n) is 6.47. The van der Waals surface area contributed by atoms with E-state index in [1.807, 2.05) is 61.8 Å². The zero-order valence-corrected chi connectivity index (χ0v) is 15.5. The van der Waals surface area contributed by atoms with Crippen LogP contribution in [0.3, 0.4) is 0 Å². The van der Waals surface area contributed by atoms with Crippen LogP contribution in [0, 0.1) is 0 Å². The summed E-state index contributed by atoms with van der Waals surface area (Å²) in [6.07, 6.45) is 5.42. The fraction of sp³-hybridized carbons (Fsp3) is 0.0455. The lowest BCUT2D eigenvalue weighted by atomic mass is 10.1. The Morgan fingerprint density at radius 2 is 2.04 bits per heavy atom. The molecular formula is C22H20N6. The van der Waals surface area contributed by atoms with Gasteiger partial charge in [0.1, 0.15) is 5.82 Å². The molecule has 0 spiro atoms. The lowest BCUT2D eigenvalue weighted by Gasteiger charge is -2.12. The van der Waals surface area contributed by atoms with Crippen LogP contribution in [0.25, 0.3) is 16.6 Å². The zero-order valence-electron chi connectivity index (χ0n) is 15.5. The maximum Gasteiger partial charge on any atom is 0.123 e. The molecule has 2 aromatic carbocycles. The van der Waals surface area contributed by atoms with Crippen LogP contribution in [-0.2, 0) is 7.05 Å². The van der Waals surface area contributed by atoms with Crippen LogP contribution in [0.15, 0.2) is 78.6 Å². The summed E-state index contributed by atoms with van der Waals surface area (Å²) < 4.78 is 1.80. The number of anilines is 2. The third kappa shape index (κ3) is 3.76. The first-order valence-corrected chi connectivity index (χ1v) is 8.83. The molecule has 138 valence electrons. The second-order valence-corrected chi connectivity index (χ2v) is 6.47. The quantitative estimate of drug-likeness (QED) is 0.512. The Morgan fingerprint density at radius 3 is 2.89 bits per heavy atom. The number of nitrogens with one attached hydrogen (secondary N) is 1. The third-order valence-electron chi connectivity index (χ3n) is 4.30. The van der Waals surface area contributed by atoms with Crippen LogP contribution in [0.4, 0.5) is 17.2 Å². The molecule has 0 unspecified atom stereocenters. The van der Waals surface area contributed by atoms with Gasteiger partial charge >= 0.3 is 0 Å². The van der Waals surface area contributed by atoms with Gasteiger partial charge in [-0.3, -0.25) is 9.67 Å². The summed E-state index contributed by atoms with van der Waals surface area (Å²) >= 11 is 0. The summed E-state index contributed by atoms with van der Waals surface area (Å²) in [6, 6.07) is 17.5. The lowest BCUT2D eigenvalue weighted by Crippen LogP contribution is -1.98. The number of pyridine rings is 1. The highest BCUT2D eigenvalue weighted by Crippen LogP contribution is 2.27. The average molecular weight is 368 g/mol.